The number of aromatic nitrogens is 3. The SMILES string of the molecule is CCc1nc2c(s1)[C@@H](N(C)Cc1ccc(OC)nn1)CCC2. The Bertz CT molecular complexity index is 626. The number of nitrogens with zero attached hydrogens (tertiary/aromatic N) is 4. The second-order valence-corrected chi connectivity index (χ2v) is 6.78. The number of hydrogen-bond acceptors (Lipinski definition) is 6. The zero-order valence-electron chi connectivity index (χ0n) is 13.4. The fourth-order valence-corrected chi connectivity index (χ4v) is 4.18. The Kier molecular flexibility index (Phi) is 4.69. The topological polar surface area (TPSA) is 51.1 Å². The van der Waals surface area contributed by atoms with Gasteiger partial charge in [0.1, 0.15) is 0 Å². The first-order valence-corrected chi connectivity index (χ1v) is 8.58. The molecular formula is C16H22N4OS. The van der Waals surface area contributed by atoms with E-state index in [4.69, 9.17) is 9.72 Å². The van der Waals surface area contributed by atoms with Crippen molar-refractivity contribution in [2.24, 2.45) is 0 Å². The van der Waals surface area contributed by atoms with Crippen molar-refractivity contribution in [1.29, 1.82) is 0 Å². The van der Waals surface area contributed by atoms with Crippen LogP contribution >= 0.6 is 11.3 Å². The molecule has 0 aromatic carbocycles. The van der Waals surface area contributed by atoms with Gasteiger partial charge in [-0.25, -0.2) is 4.98 Å². The Labute approximate surface area is 135 Å². The third kappa shape index (κ3) is 3.13. The van der Waals surface area contributed by atoms with Crippen LogP contribution in [0.5, 0.6) is 5.88 Å². The summed E-state index contributed by atoms with van der Waals surface area (Å²) >= 11 is 1.88. The summed E-state index contributed by atoms with van der Waals surface area (Å²) < 4.78 is 5.06. The quantitative estimate of drug-likeness (QED) is 0.848. The van der Waals surface area contributed by atoms with Crippen LogP contribution in [0.4, 0.5) is 0 Å². The molecule has 0 spiro atoms. The van der Waals surface area contributed by atoms with Crippen molar-refractivity contribution in [3.8, 4) is 5.88 Å². The van der Waals surface area contributed by atoms with Crippen LogP contribution in [0.3, 0.4) is 0 Å². The molecule has 0 aliphatic heterocycles. The zero-order chi connectivity index (χ0) is 15.5. The third-order valence-electron chi connectivity index (χ3n) is 4.12. The molecule has 6 heteroatoms. The smallest absolute Gasteiger partial charge is 0.233 e. The van der Waals surface area contributed by atoms with Gasteiger partial charge in [0.25, 0.3) is 0 Å². The lowest BCUT2D eigenvalue weighted by Crippen LogP contribution is -2.27. The first-order chi connectivity index (χ1) is 10.7. The van der Waals surface area contributed by atoms with E-state index in [0.29, 0.717) is 11.9 Å². The van der Waals surface area contributed by atoms with Crippen molar-refractivity contribution in [1.82, 2.24) is 20.1 Å². The number of hydrogen-bond donors (Lipinski definition) is 0. The van der Waals surface area contributed by atoms with Crippen LogP contribution in [0.1, 0.15) is 47.1 Å². The van der Waals surface area contributed by atoms with Gasteiger partial charge in [0, 0.05) is 23.5 Å². The molecule has 118 valence electrons. The van der Waals surface area contributed by atoms with Gasteiger partial charge in [-0.05, 0) is 38.8 Å². The van der Waals surface area contributed by atoms with E-state index < -0.39 is 0 Å². The van der Waals surface area contributed by atoms with Gasteiger partial charge in [0.15, 0.2) is 0 Å². The molecule has 0 N–H and O–H groups in total. The first-order valence-electron chi connectivity index (χ1n) is 7.76. The Balaban J connectivity index is 1.75. The molecule has 1 aliphatic rings. The Morgan fingerprint density at radius 3 is 2.91 bits per heavy atom. The normalized spacial score (nSPS) is 17.5. The largest absolute Gasteiger partial charge is 0.480 e. The maximum atomic E-state index is 5.06. The second-order valence-electron chi connectivity index (χ2n) is 5.66. The number of aryl methyl sites for hydroxylation is 2. The molecule has 1 atom stereocenters. The summed E-state index contributed by atoms with van der Waals surface area (Å²) in [4.78, 5) is 8.60. The number of ether oxygens (including phenoxy) is 1. The van der Waals surface area contributed by atoms with Crippen molar-refractivity contribution in [3.05, 3.63) is 33.4 Å². The molecule has 22 heavy (non-hydrogen) atoms. The summed E-state index contributed by atoms with van der Waals surface area (Å²) in [5.74, 6) is 0.557. The van der Waals surface area contributed by atoms with E-state index in [9.17, 15) is 0 Å². The average molecular weight is 318 g/mol. The number of rotatable bonds is 5. The molecule has 2 aromatic heterocycles. The van der Waals surface area contributed by atoms with E-state index in [1.54, 1.807) is 7.11 Å². The van der Waals surface area contributed by atoms with E-state index in [-0.39, 0.29) is 0 Å². The Hall–Kier alpha value is -1.53. The van der Waals surface area contributed by atoms with Gasteiger partial charge in [0.05, 0.1) is 23.5 Å². The molecule has 0 saturated carbocycles. The Morgan fingerprint density at radius 1 is 1.36 bits per heavy atom. The highest BCUT2D eigenvalue weighted by atomic mass is 32.1. The monoisotopic (exact) mass is 318 g/mol. The van der Waals surface area contributed by atoms with Crippen LogP contribution in [0, 0.1) is 0 Å². The summed E-state index contributed by atoms with van der Waals surface area (Å²) in [6.45, 7) is 2.97. The van der Waals surface area contributed by atoms with Gasteiger partial charge in [-0.1, -0.05) is 6.92 Å². The summed E-state index contributed by atoms with van der Waals surface area (Å²) in [6, 6.07) is 4.30. The van der Waals surface area contributed by atoms with Crippen LogP contribution < -0.4 is 4.74 Å². The lowest BCUT2D eigenvalue weighted by atomic mass is 9.97. The van der Waals surface area contributed by atoms with E-state index >= 15 is 0 Å². The van der Waals surface area contributed by atoms with Crippen LogP contribution in [0.15, 0.2) is 12.1 Å². The standard InChI is InChI=1S/C16H22N4OS/c1-4-15-17-12-6-5-7-13(16(12)22-15)20(2)10-11-8-9-14(21-3)19-18-11/h8-9,13H,4-7,10H2,1-3H3/t13-/m0/s1. The van der Waals surface area contributed by atoms with E-state index in [2.05, 4.69) is 29.1 Å². The predicted octanol–water partition coefficient (Wildman–Crippen LogP) is 3.01. The maximum Gasteiger partial charge on any atom is 0.233 e. The zero-order valence-corrected chi connectivity index (χ0v) is 14.2. The van der Waals surface area contributed by atoms with Crippen LogP contribution in [-0.4, -0.2) is 34.2 Å². The highest BCUT2D eigenvalue weighted by Crippen LogP contribution is 2.38. The third-order valence-corrected chi connectivity index (χ3v) is 5.46. The van der Waals surface area contributed by atoms with E-state index in [0.717, 1.165) is 25.1 Å². The molecule has 0 amide bonds. The molecule has 2 aromatic rings. The van der Waals surface area contributed by atoms with E-state index in [1.165, 1.54) is 28.4 Å². The van der Waals surface area contributed by atoms with Gasteiger partial charge in [-0.3, -0.25) is 4.90 Å². The van der Waals surface area contributed by atoms with Crippen molar-refractivity contribution >= 4 is 11.3 Å². The number of fused-ring (bicyclic) bond motifs is 1. The first kappa shape index (κ1) is 15.4. The molecule has 0 saturated heterocycles. The molecular weight excluding hydrogens is 296 g/mol. The molecule has 0 fully saturated rings. The van der Waals surface area contributed by atoms with Crippen LogP contribution in [0.25, 0.3) is 0 Å². The van der Waals surface area contributed by atoms with Gasteiger partial charge >= 0.3 is 0 Å². The molecule has 2 heterocycles. The van der Waals surface area contributed by atoms with Crippen molar-refractivity contribution in [2.45, 2.75) is 45.2 Å². The van der Waals surface area contributed by atoms with Gasteiger partial charge in [-0.2, -0.15) is 5.10 Å². The lowest BCUT2D eigenvalue weighted by molar-refractivity contribution is 0.213. The minimum atomic E-state index is 0.449. The average Bonchev–Trinajstić information content (AvgIpc) is 2.98. The van der Waals surface area contributed by atoms with E-state index in [1.807, 2.05) is 23.5 Å². The van der Waals surface area contributed by atoms with Gasteiger partial charge in [0.2, 0.25) is 5.88 Å². The van der Waals surface area contributed by atoms with Crippen LogP contribution in [0.2, 0.25) is 0 Å². The van der Waals surface area contributed by atoms with Crippen molar-refractivity contribution in [3.63, 3.8) is 0 Å². The summed E-state index contributed by atoms with van der Waals surface area (Å²) in [5, 5.41) is 9.54. The fraction of sp³-hybridized carbons (Fsp3) is 0.562. The molecule has 0 radical (unpaired) electrons. The highest BCUT2D eigenvalue weighted by molar-refractivity contribution is 7.11. The summed E-state index contributed by atoms with van der Waals surface area (Å²) in [5.41, 5.74) is 2.28. The molecule has 3 rings (SSSR count). The van der Waals surface area contributed by atoms with Crippen molar-refractivity contribution in [2.75, 3.05) is 14.2 Å². The second kappa shape index (κ2) is 6.71. The van der Waals surface area contributed by atoms with Gasteiger partial charge < -0.3 is 4.74 Å². The predicted molar refractivity (Wildman–Crippen MR) is 87.2 cm³/mol. The molecule has 1 aliphatic carbocycles. The number of thiazole rings is 1. The molecule has 0 unspecified atom stereocenters. The van der Waals surface area contributed by atoms with Crippen molar-refractivity contribution < 1.29 is 4.74 Å². The Morgan fingerprint density at radius 2 is 2.23 bits per heavy atom. The number of methoxy groups -OCH3 is 1. The minimum absolute atomic E-state index is 0.449. The fourth-order valence-electron chi connectivity index (χ4n) is 2.93. The van der Waals surface area contributed by atoms with Crippen LogP contribution in [-0.2, 0) is 19.4 Å². The maximum absolute atomic E-state index is 5.06. The highest BCUT2D eigenvalue weighted by Gasteiger charge is 2.27. The minimum Gasteiger partial charge on any atom is -0.480 e. The van der Waals surface area contributed by atoms with Gasteiger partial charge in [-0.15, -0.1) is 16.4 Å². The molecule has 0 bridgehead atoms. The summed E-state index contributed by atoms with van der Waals surface area (Å²) in [6.07, 6.45) is 4.55. The summed E-state index contributed by atoms with van der Waals surface area (Å²) in [7, 11) is 3.77. The lowest BCUT2D eigenvalue weighted by Gasteiger charge is -2.30. The molecule has 5 nitrogen and oxygen atoms in total.